The van der Waals surface area contributed by atoms with E-state index in [9.17, 15) is 18.0 Å². The van der Waals surface area contributed by atoms with Gasteiger partial charge >= 0.3 is 12.3 Å². The number of amides is 1. The maximum absolute atomic E-state index is 11.8. The van der Waals surface area contributed by atoms with E-state index in [1.807, 2.05) is 10.9 Å². The molecule has 0 bridgehead atoms. The van der Waals surface area contributed by atoms with Gasteiger partial charge in [0.1, 0.15) is 0 Å². The van der Waals surface area contributed by atoms with Crippen LogP contribution in [0.25, 0.3) is 0 Å². The van der Waals surface area contributed by atoms with Crippen molar-refractivity contribution >= 4 is 6.09 Å². The molecule has 1 aliphatic heterocycles. The van der Waals surface area contributed by atoms with Gasteiger partial charge in [-0.2, -0.15) is 13.2 Å². The minimum absolute atomic E-state index is 0.463. The van der Waals surface area contributed by atoms with Crippen LogP contribution in [0.1, 0.15) is 0 Å². The standard InChI is InChI=1S/C4H5F3N2O2/c5-4(6,7)2-1-8-9-3(10)11-2/h2,8H,1H2,(H,9,10). The van der Waals surface area contributed by atoms with E-state index in [0.717, 1.165) is 0 Å². The van der Waals surface area contributed by atoms with Crippen LogP contribution in [0.4, 0.5) is 18.0 Å². The number of hydrogen-bond acceptors (Lipinski definition) is 3. The van der Waals surface area contributed by atoms with Gasteiger partial charge in [-0.15, -0.1) is 0 Å². The van der Waals surface area contributed by atoms with E-state index in [0.29, 0.717) is 0 Å². The predicted molar refractivity (Wildman–Crippen MR) is 27.5 cm³/mol. The minimum Gasteiger partial charge on any atom is -0.434 e. The molecule has 1 saturated heterocycles. The lowest BCUT2D eigenvalue weighted by Gasteiger charge is -2.25. The van der Waals surface area contributed by atoms with Gasteiger partial charge in [0.2, 0.25) is 6.10 Å². The molecule has 0 aromatic rings. The van der Waals surface area contributed by atoms with Gasteiger partial charge in [-0.3, -0.25) is 5.43 Å². The molecule has 1 amide bonds. The van der Waals surface area contributed by atoms with E-state index in [1.165, 1.54) is 0 Å². The summed E-state index contributed by atoms with van der Waals surface area (Å²) in [6.07, 6.45) is -7.65. The summed E-state index contributed by atoms with van der Waals surface area (Å²) in [6.45, 7) is -0.463. The highest BCUT2D eigenvalue weighted by atomic mass is 19.4. The SMILES string of the molecule is O=C1NNCC(C(F)(F)F)O1. The Labute approximate surface area is 59.7 Å². The van der Waals surface area contributed by atoms with Crippen molar-refractivity contribution in [1.82, 2.24) is 10.9 Å². The zero-order chi connectivity index (χ0) is 8.48. The van der Waals surface area contributed by atoms with Gasteiger partial charge in [0.05, 0.1) is 6.54 Å². The lowest BCUT2D eigenvalue weighted by molar-refractivity contribution is -0.207. The Hall–Kier alpha value is -0.980. The van der Waals surface area contributed by atoms with Gasteiger partial charge in [-0.05, 0) is 0 Å². The molecule has 0 aromatic carbocycles. The second kappa shape index (κ2) is 2.57. The Morgan fingerprint density at radius 2 is 2.18 bits per heavy atom. The lowest BCUT2D eigenvalue weighted by atomic mass is 10.3. The smallest absolute Gasteiger partial charge is 0.426 e. The summed E-state index contributed by atoms with van der Waals surface area (Å²) < 4.78 is 39.2. The van der Waals surface area contributed by atoms with Gasteiger partial charge in [-0.1, -0.05) is 0 Å². The van der Waals surface area contributed by atoms with Crippen LogP contribution in [-0.2, 0) is 4.74 Å². The molecule has 0 aromatic heterocycles. The maximum Gasteiger partial charge on any atom is 0.426 e. The van der Waals surface area contributed by atoms with Crippen molar-refractivity contribution in [2.45, 2.75) is 12.3 Å². The van der Waals surface area contributed by atoms with E-state index in [4.69, 9.17) is 0 Å². The molecule has 1 fully saturated rings. The third-order valence-corrected chi connectivity index (χ3v) is 1.09. The maximum atomic E-state index is 11.8. The van der Waals surface area contributed by atoms with Crippen LogP contribution in [0, 0.1) is 0 Å². The van der Waals surface area contributed by atoms with Gasteiger partial charge < -0.3 is 4.74 Å². The molecule has 11 heavy (non-hydrogen) atoms. The zero-order valence-electron chi connectivity index (χ0n) is 5.23. The number of alkyl halides is 3. The summed E-state index contributed by atoms with van der Waals surface area (Å²) in [5, 5.41) is 0. The third-order valence-electron chi connectivity index (χ3n) is 1.09. The number of nitrogens with one attached hydrogen (secondary N) is 2. The molecule has 0 aliphatic carbocycles. The van der Waals surface area contributed by atoms with Crippen LogP contribution < -0.4 is 10.9 Å². The first-order valence-electron chi connectivity index (χ1n) is 2.76. The van der Waals surface area contributed by atoms with E-state index < -0.39 is 24.9 Å². The average molecular weight is 170 g/mol. The first-order valence-corrected chi connectivity index (χ1v) is 2.76. The molecule has 1 atom stereocenters. The summed E-state index contributed by atoms with van der Waals surface area (Å²) in [7, 11) is 0. The van der Waals surface area contributed by atoms with Crippen molar-refractivity contribution in [2.24, 2.45) is 0 Å². The monoisotopic (exact) mass is 170 g/mol. The molecule has 7 heteroatoms. The average Bonchev–Trinajstić information content (AvgIpc) is 1.86. The molecule has 1 unspecified atom stereocenters. The molecular formula is C4H5F3N2O2. The van der Waals surface area contributed by atoms with Crippen LogP contribution in [0.3, 0.4) is 0 Å². The number of cyclic esters (lactones) is 1. The summed E-state index contributed by atoms with van der Waals surface area (Å²) in [5.74, 6) is 0. The van der Waals surface area contributed by atoms with E-state index in [2.05, 4.69) is 4.74 Å². The van der Waals surface area contributed by atoms with Crippen LogP contribution in [0.2, 0.25) is 0 Å². The Morgan fingerprint density at radius 3 is 2.55 bits per heavy atom. The van der Waals surface area contributed by atoms with Crippen molar-refractivity contribution in [1.29, 1.82) is 0 Å². The predicted octanol–water partition coefficient (Wildman–Crippen LogP) is 0.162. The highest BCUT2D eigenvalue weighted by molar-refractivity contribution is 5.67. The number of carbonyl (C=O) groups is 1. The largest absolute Gasteiger partial charge is 0.434 e. The van der Waals surface area contributed by atoms with E-state index >= 15 is 0 Å². The van der Waals surface area contributed by atoms with Crippen LogP contribution in [0.15, 0.2) is 0 Å². The Morgan fingerprint density at radius 1 is 1.55 bits per heavy atom. The first kappa shape index (κ1) is 8.12. The molecule has 0 saturated carbocycles. The number of carbonyl (C=O) groups excluding carboxylic acids is 1. The number of ether oxygens (including phenoxy) is 1. The first-order chi connectivity index (χ1) is 5.00. The topological polar surface area (TPSA) is 50.4 Å². The van der Waals surface area contributed by atoms with Gasteiger partial charge in [-0.25, -0.2) is 10.2 Å². The molecular weight excluding hydrogens is 165 g/mol. The van der Waals surface area contributed by atoms with Gasteiger partial charge in [0, 0.05) is 0 Å². The summed E-state index contributed by atoms with van der Waals surface area (Å²) in [6, 6.07) is 0. The number of rotatable bonds is 0. The Kier molecular flexibility index (Phi) is 1.90. The van der Waals surface area contributed by atoms with Gasteiger partial charge in [0.25, 0.3) is 0 Å². The molecule has 1 aliphatic rings. The fourth-order valence-electron chi connectivity index (χ4n) is 0.599. The van der Waals surface area contributed by atoms with E-state index in [-0.39, 0.29) is 0 Å². The summed E-state index contributed by atoms with van der Waals surface area (Å²) >= 11 is 0. The fraction of sp³-hybridized carbons (Fsp3) is 0.750. The zero-order valence-corrected chi connectivity index (χ0v) is 5.23. The van der Waals surface area contributed by atoms with Crippen molar-refractivity contribution in [3.05, 3.63) is 0 Å². The molecule has 1 heterocycles. The molecule has 4 nitrogen and oxygen atoms in total. The summed E-state index contributed by atoms with van der Waals surface area (Å²) in [4.78, 5) is 10.2. The third kappa shape index (κ3) is 1.97. The number of hydrazine groups is 1. The summed E-state index contributed by atoms with van der Waals surface area (Å²) in [5.41, 5.74) is 3.92. The van der Waals surface area contributed by atoms with Crippen molar-refractivity contribution in [3.63, 3.8) is 0 Å². The normalized spacial score (nSPS) is 25.7. The van der Waals surface area contributed by atoms with Crippen molar-refractivity contribution < 1.29 is 22.7 Å². The molecule has 1 rings (SSSR count). The molecule has 0 spiro atoms. The Balaban J connectivity index is 2.53. The van der Waals surface area contributed by atoms with Crippen LogP contribution >= 0.6 is 0 Å². The number of halogens is 3. The quantitative estimate of drug-likeness (QED) is 0.544. The van der Waals surface area contributed by atoms with Crippen LogP contribution in [0.5, 0.6) is 0 Å². The second-order valence-corrected chi connectivity index (χ2v) is 1.94. The Bertz CT molecular complexity index is 169. The lowest BCUT2D eigenvalue weighted by Crippen LogP contribution is -2.55. The second-order valence-electron chi connectivity index (χ2n) is 1.94. The number of hydrogen-bond donors (Lipinski definition) is 2. The van der Waals surface area contributed by atoms with E-state index in [1.54, 1.807) is 0 Å². The highest BCUT2D eigenvalue weighted by Gasteiger charge is 2.44. The van der Waals surface area contributed by atoms with Crippen molar-refractivity contribution in [3.8, 4) is 0 Å². The molecule has 0 radical (unpaired) electrons. The fourth-order valence-corrected chi connectivity index (χ4v) is 0.599. The van der Waals surface area contributed by atoms with Crippen molar-refractivity contribution in [2.75, 3.05) is 6.54 Å². The molecule has 2 N–H and O–H groups in total. The van der Waals surface area contributed by atoms with Gasteiger partial charge in [0.15, 0.2) is 0 Å². The van der Waals surface area contributed by atoms with Crippen LogP contribution in [-0.4, -0.2) is 24.9 Å². The molecule has 64 valence electrons. The minimum atomic E-state index is -4.50. The highest BCUT2D eigenvalue weighted by Crippen LogP contribution is 2.23.